The lowest BCUT2D eigenvalue weighted by atomic mass is 10.0. The lowest BCUT2D eigenvalue weighted by Gasteiger charge is -2.11. The van der Waals surface area contributed by atoms with Crippen molar-refractivity contribution in [3.8, 4) is 0 Å². The average Bonchev–Trinajstić information content (AvgIpc) is 3.46. The predicted octanol–water partition coefficient (Wildman–Crippen LogP) is 4.57. The average molecular weight is 330 g/mol. The standard InChI is InChI=1S/C21H18N2O2/c1-13(24)15-5-4-6-16(11-15)22-21(25)18-12-20(14-9-10-14)23-19-8-3-2-7-17(18)19/h2-8,11-12,14H,9-10H2,1H3,(H,22,25). The van der Waals surface area contributed by atoms with Crippen LogP contribution < -0.4 is 5.32 Å². The number of hydrogen-bond acceptors (Lipinski definition) is 3. The van der Waals surface area contributed by atoms with Crippen LogP contribution in [0.5, 0.6) is 0 Å². The maximum Gasteiger partial charge on any atom is 0.256 e. The highest BCUT2D eigenvalue weighted by Gasteiger charge is 2.27. The van der Waals surface area contributed by atoms with Gasteiger partial charge in [-0.25, -0.2) is 0 Å². The molecule has 1 aromatic heterocycles. The maximum atomic E-state index is 12.9. The zero-order chi connectivity index (χ0) is 17.4. The van der Waals surface area contributed by atoms with E-state index < -0.39 is 0 Å². The van der Waals surface area contributed by atoms with Crippen LogP contribution in [0.4, 0.5) is 5.69 Å². The van der Waals surface area contributed by atoms with Crippen LogP contribution in [-0.4, -0.2) is 16.7 Å². The fourth-order valence-electron chi connectivity index (χ4n) is 2.99. The van der Waals surface area contributed by atoms with E-state index in [1.165, 1.54) is 6.92 Å². The number of rotatable bonds is 4. The highest BCUT2D eigenvalue weighted by Crippen LogP contribution is 2.40. The van der Waals surface area contributed by atoms with E-state index in [1.807, 2.05) is 30.3 Å². The van der Waals surface area contributed by atoms with Crippen molar-refractivity contribution in [3.63, 3.8) is 0 Å². The molecule has 0 atom stereocenters. The van der Waals surface area contributed by atoms with Gasteiger partial charge in [-0.05, 0) is 44.0 Å². The van der Waals surface area contributed by atoms with E-state index >= 15 is 0 Å². The van der Waals surface area contributed by atoms with E-state index in [9.17, 15) is 9.59 Å². The van der Waals surface area contributed by atoms with Gasteiger partial charge in [0.25, 0.3) is 5.91 Å². The van der Waals surface area contributed by atoms with Gasteiger partial charge in [-0.15, -0.1) is 0 Å². The fourth-order valence-corrected chi connectivity index (χ4v) is 2.99. The molecule has 1 amide bonds. The topological polar surface area (TPSA) is 59.1 Å². The Morgan fingerprint density at radius 2 is 1.84 bits per heavy atom. The maximum absolute atomic E-state index is 12.9. The molecule has 2 aromatic carbocycles. The van der Waals surface area contributed by atoms with Crippen molar-refractivity contribution in [2.75, 3.05) is 5.32 Å². The van der Waals surface area contributed by atoms with Crippen LogP contribution in [0.2, 0.25) is 0 Å². The second-order valence-corrected chi connectivity index (χ2v) is 6.48. The third kappa shape index (κ3) is 3.15. The molecule has 25 heavy (non-hydrogen) atoms. The molecular formula is C21H18N2O2. The van der Waals surface area contributed by atoms with Gasteiger partial charge in [0.1, 0.15) is 0 Å². The molecule has 4 heteroatoms. The van der Waals surface area contributed by atoms with Crippen LogP contribution in [0.3, 0.4) is 0 Å². The van der Waals surface area contributed by atoms with E-state index in [1.54, 1.807) is 24.3 Å². The SMILES string of the molecule is CC(=O)c1cccc(NC(=O)c2cc(C3CC3)nc3ccccc23)c1. The van der Waals surface area contributed by atoms with Gasteiger partial charge in [0.2, 0.25) is 0 Å². The van der Waals surface area contributed by atoms with Gasteiger partial charge in [0.05, 0.1) is 11.1 Å². The van der Waals surface area contributed by atoms with Gasteiger partial charge in [-0.3, -0.25) is 14.6 Å². The third-order valence-electron chi connectivity index (χ3n) is 4.50. The van der Waals surface area contributed by atoms with E-state index in [2.05, 4.69) is 5.32 Å². The number of hydrogen-bond donors (Lipinski definition) is 1. The highest BCUT2D eigenvalue weighted by molar-refractivity contribution is 6.12. The summed E-state index contributed by atoms with van der Waals surface area (Å²) in [6.07, 6.45) is 2.26. The van der Waals surface area contributed by atoms with Crippen molar-refractivity contribution in [3.05, 3.63) is 71.4 Å². The van der Waals surface area contributed by atoms with Crippen molar-refractivity contribution in [1.29, 1.82) is 0 Å². The van der Waals surface area contributed by atoms with Crippen LogP contribution in [0.1, 0.15) is 52.1 Å². The van der Waals surface area contributed by atoms with Crippen LogP contribution in [0.25, 0.3) is 10.9 Å². The van der Waals surface area contributed by atoms with E-state index in [4.69, 9.17) is 4.98 Å². The molecule has 0 saturated heterocycles. The van der Waals surface area contributed by atoms with Gasteiger partial charge in [0, 0.05) is 28.2 Å². The van der Waals surface area contributed by atoms with Crippen LogP contribution >= 0.6 is 0 Å². The number of carbonyl (C=O) groups excluding carboxylic acids is 2. The smallest absolute Gasteiger partial charge is 0.256 e. The summed E-state index contributed by atoms with van der Waals surface area (Å²) in [6, 6.07) is 16.6. The van der Waals surface area contributed by atoms with Gasteiger partial charge in [-0.1, -0.05) is 30.3 Å². The van der Waals surface area contributed by atoms with Crippen molar-refractivity contribution >= 4 is 28.3 Å². The molecule has 124 valence electrons. The molecule has 0 unspecified atom stereocenters. The molecule has 3 aromatic rings. The highest BCUT2D eigenvalue weighted by atomic mass is 16.1. The number of amides is 1. The normalized spacial score (nSPS) is 13.6. The van der Waals surface area contributed by atoms with Gasteiger partial charge in [0.15, 0.2) is 5.78 Å². The number of Topliss-reactive ketones (excluding diaryl/α,β-unsaturated/α-hetero) is 1. The van der Waals surface area contributed by atoms with Crippen molar-refractivity contribution in [1.82, 2.24) is 4.98 Å². The first kappa shape index (κ1) is 15.5. The fraction of sp³-hybridized carbons (Fsp3) is 0.190. The Balaban J connectivity index is 1.72. The Labute approximate surface area is 145 Å². The zero-order valence-electron chi connectivity index (χ0n) is 14.0. The molecule has 1 fully saturated rings. The van der Waals surface area contributed by atoms with E-state index in [-0.39, 0.29) is 11.7 Å². The first-order valence-electron chi connectivity index (χ1n) is 8.44. The summed E-state index contributed by atoms with van der Waals surface area (Å²) in [5, 5.41) is 3.75. The Bertz CT molecular complexity index is 990. The van der Waals surface area contributed by atoms with Crippen molar-refractivity contribution in [2.24, 2.45) is 0 Å². The Kier molecular flexibility index (Phi) is 3.80. The zero-order valence-corrected chi connectivity index (χ0v) is 14.0. The molecule has 1 N–H and O–H groups in total. The number of nitrogens with zero attached hydrogens (tertiary/aromatic N) is 1. The molecule has 0 aliphatic heterocycles. The number of benzene rings is 2. The van der Waals surface area contributed by atoms with Gasteiger partial charge in [-0.2, -0.15) is 0 Å². The number of nitrogens with one attached hydrogen (secondary N) is 1. The largest absolute Gasteiger partial charge is 0.322 e. The van der Waals surface area contributed by atoms with Gasteiger partial charge >= 0.3 is 0 Å². The van der Waals surface area contributed by atoms with Crippen LogP contribution in [0.15, 0.2) is 54.6 Å². The summed E-state index contributed by atoms with van der Waals surface area (Å²) in [5.41, 5.74) is 3.65. The molecule has 0 bridgehead atoms. The lowest BCUT2D eigenvalue weighted by Crippen LogP contribution is -2.13. The molecule has 1 aliphatic carbocycles. The molecule has 1 aliphatic rings. The first-order chi connectivity index (χ1) is 12.1. The minimum absolute atomic E-state index is 0.0264. The van der Waals surface area contributed by atoms with Crippen LogP contribution in [-0.2, 0) is 0 Å². The molecule has 0 spiro atoms. The summed E-state index contributed by atoms with van der Waals surface area (Å²) in [4.78, 5) is 29.1. The predicted molar refractivity (Wildman–Crippen MR) is 98.1 cm³/mol. The third-order valence-corrected chi connectivity index (χ3v) is 4.50. The molecular weight excluding hydrogens is 312 g/mol. The Hall–Kier alpha value is -3.01. The second kappa shape index (κ2) is 6.13. The van der Waals surface area contributed by atoms with Gasteiger partial charge < -0.3 is 5.32 Å². The van der Waals surface area contributed by atoms with Crippen molar-refractivity contribution < 1.29 is 9.59 Å². The number of aromatic nitrogens is 1. The molecule has 1 heterocycles. The molecule has 0 radical (unpaired) electrons. The summed E-state index contributed by atoms with van der Waals surface area (Å²) >= 11 is 0. The van der Waals surface area contributed by atoms with E-state index in [0.717, 1.165) is 29.4 Å². The second-order valence-electron chi connectivity index (χ2n) is 6.48. The number of fused-ring (bicyclic) bond motifs is 1. The quantitative estimate of drug-likeness (QED) is 0.713. The summed E-state index contributed by atoms with van der Waals surface area (Å²) in [6.45, 7) is 1.51. The molecule has 1 saturated carbocycles. The number of pyridine rings is 1. The number of ketones is 1. The molecule has 4 nitrogen and oxygen atoms in total. The minimum atomic E-state index is -0.179. The monoisotopic (exact) mass is 330 g/mol. The first-order valence-corrected chi connectivity index (χ1v) is 8.44. The summed E-state index contributed by atoms with van der Waals surface area (Å²) in [5.74, 6) is 0.264. The van der Waals surface area contributed by atoms with Crippen LogP contribution in [0, 0.1) is 0 Å². The summed E-state index contributed by atoms with van der Waals surface area (Å²) in [7, 11) is 0. The number of carbonyl (C=O) groups is 2. The van der Waals surface area contributed by atoms with E-state index in [0.29, 0.717) is 22.7 Å². The minimum Gasteiger partial charge on any atom is -0.322 e. The summed E-state index contributed by atoms with van der Waals surface area (Å²) < 4.78 is 0. The Morgan fingerprint density at radius 1 is 1.04 bits per heavy atom. The Morgan fingerprint density at radius 3 is 2.60 bits per heavy atom. The number of anilines is 1. The number of para-hydroxylation sites is 1. The molecule has 4 rings (SSSR count). The lowest BCUT2D eigenvalue weighted by molar-refractivity contribution is 0.101. The van der Waals surface area contributed by atoms with Crippen molar-refractivity contribution in [2.45, 2.75) is 25.7 Å².